The Hall–Kier alpha value is -0.900. The lowest BCUT2D eigenvalue weighted by atomic mass is 10.3. The highest BCUT2D eigenvalue weighted by Crippen LogP contribution is 2.35. The van der Waals surface area contributed by atoms with Gasteiger partial charge in [-0.2, -0.15) is 0 Å². The van der Waals surface area contributed by atoms with Gasteiger partial charge in [0.1, 0.15) is 0 Å². The molecule has 0 aliphatic rings. The van der Waals surface area contributed by atoms with Crippen LogP contribution in [-0.2, 0) is 10.5 Å². The molecule has 2 rings (SSSR count). The number of nitro benzene ring substituents is 1. The number of amides is 1. The van der Waals surface area contributed by atoms with E-state index in [1.165, 1.54) is 28.8 Å². The van der Waals surface area contributed by atoms with Crippen LogP contribution in [0.3, 0.4) is 0 Å². The molecule has 1 heterocycles. The Labute approximate surface area is 151 Å². The van der Waals surface area contributed by atoms with Gasteiger partial charge in [-0.25, -0.2) is 0 Å². The van der Waals surface area contributed by atoms with E-state index in [2.05, 4.69) is 37.2 Å². The van der Waals surface area contributed by atoms with Gasteiger partial charge < -0.3 is 5.32 Å². The van der Waals surface area contributed by atoms with Crippen LogP contribution in [0.5, 0.6) is 0 Å². The molecule has 1 aromatic carbocycles. The van der Waals surface area contributed by atoms with E-state index in [1.54, 1.807) is 11.3 Å². The Morgan fingerprint density at radius 1 is 1.36 bits per heavy atom. The molecule has 0 fully saturated rings. The molecule has 0 atom stereocenters. The number of non-ortho nitro benzene ring substituents is 1. The summed E-state index contributed by atoms with van der Waals surface area (Å²) >= 11 is 9.65. The zero-order valence-corrected chi connectivity index (χ0v) is 15.9. The highest BCUT2D eigenvalue weighted by atomic mass is 79.9. The van der Waals surface area contributed by atoms with Crippen molar-refractivity contribution < 1.29 is 9.72 Å². The lowest BCUT2D eigenvalue weighted by Gasteiger charge is -2.09. The Morgan fingerprint density at radius 3 is 2.59 bits per heavy atom. The number of benzene rings is 1. The topological polar surface area (TPSA) is 72.2 Å². The summed E-state index contributed by atoms with van der Waals surface area (Å²) in [5.74, 6) is 0.943. The summed E-state index contributed by atoms with van der Waals surface area (Å²) in [6.45, 7) is 0. The third-order valence-electron chi connectivity index (χ3n) is 2.56. The highest BCUT2D eigenvalue weighted by Gasteiger charge is 2.15. The largest absolute Gasteiger partial charge is 0.323 e. The standard InChI is InChI=1S/C13H10Br2N2O3S2/c14-10-4-8(17(19)20)5-11(15)13(10)16-12(18)7-21-6-9-2-1-3-22-9/h1-5H,6-7H2,(H,16,18). The fraction of sp³-hybridized carbons (Fsp3) is 0.154. The van der Waals surface area contributed by atoms with Gasteiger partial charge in [-0.05, 0) is 43.3 Å². The maximum absolute atomic E-state index is 12.0. The Balaban J connectivity index is 1.95. The molecular formula is C13H10Br2N2O3S2. The van der Waals surface area contributed by atoms with E-state index in [4.69, 9.17) is 0 Å². The molecule has 0 saturated heterocycles. The van der Waals surface area contributed by atoms with Gasteiger partial charge in [0, 0.05) is 31.7 Å². The van der Waals surface area contributed by atoms with Crippen molar-refractivity contribution in [2.75, 3.05) is 11.1 Å². The maximum Gasteiger partial charge on any atom is 0.271 e. The summed E-state index contributed by atoms with van der Waals surface area (Å²) in [6.07, 6.45) is 0. The lowest BCUT2D eigenvalue weighted by Crippen LogP contribution is -2.15. The zero-order chi connectivity index (χ0) is 16.1. The molecule has 2 aromatic rings. The van der Waals surface area contributed by atoms with Gasteiger partial charge in [0.15, 0.2) is 0 Å². The number of anilines is 1. The van der Waals surface area contributed by atoms with Gasteiger partial charge in [-0.15, -0.1) is 23.1 Å². The van der Waals surface area contributed by atoms with Crippen LogP contribution in [0.25, 0.3) is 0 Å². The van der Waals surface area contributed by atoms with E-state index in [-0.39, 0.29) is 11.6 Å². The van der Waals surface area contributed by atoms with Gasteiger partial charge >= 0.3 is 0 Å². The summed E-state index contributed by atoms with van der Waals surface area (Å²) in [5, 5.41) is 15.5. The third-order valence-corrected chi connectivity index (χ3v) is 5.85. The maximum atomic E-state index is 12.0. The van der Waals surface area contributed by atoms with Crippen LogP contribution in [0, 0.1) is 10.1 Å². The van der Waals surface area contributed by atoms with E-state index in [9.17, 15) is 14.9 Å². The molecule has 0 radical (unpaired) electrons. The number of nitrogens with zero attached hydrogens (tertiary/aromatic N) is 1. The molecule has 1 aromatic heterocycles. The first-order valence-electron chi connectivity index (χ1n) is 6.01. The van der Waals surface area contributed by atoms with E-state index in [1.807, 2.05) is 17.5 Å². The number of nitrogens with one attached hydrogen (secondary N) is 1. The minimum absolute atomic E-state index is 0.0520. The fourth-order valence-electron chi connectivity index (χ4n) is 1.60. The molecule has 1 N–H and O–H groups in total. The average Bonchev–Trinajstić information content (AvgIpc) is 2.95. The van der Waals surface area contributed by atoms with E-state index in [0.29, 0.717) is 20.4 Å². The van der Waals surface area contributed by atoms with Crippen molar-refractivity contribution in [3.8, 4) is 0 Å². The Morgan fingerprint density at radius 2 is 2.05 bits per heavy atom. The predicted molar refractivity (Wildman–Crippen MR) is 97.6 cm³/mol. The fourth-order valence-corrected chi connectivity index (χ4v) is 4.63. The number of hydrogen-bond acceptors (Lipinski definition) is 5. The molecule has 0 unspecified atom stereocenters. The minimum Gasteiger partial charge on any atom is -0.323 e. The molecule has 5 nitrogen and oxygen atoms in total. The van der Waals surface area contributed by atoms with Crippen LogP contribution in [0.2, 0.25) is 0 Å². The second-order valence-corrected chi connectivity index (χ2v) is 7.89. The zero-order valence-electron chi connectivity index (χ0n) is 11.0. The smallest absolute Gasteiger partial charge is 0.271 e. The molecule has 0 aliphatic carbocycles. The van der Waals surface area contributed by atoms with E-state index < -0.39 is 4.92 Å². The van der Waals surface area contributed by atoms with Gasteiger partial charge in [0.05, 0.1) is 16.4 Å². The first-order chi connectivity index (χ1) is 10.5. The molecule has 116 valence electrons. The summed E-state index contributed by atoms with van der Waals surface area (Å²) in [4.78, 5) is 23.5. The highest BCUT2D eigenvalue weighted by molar-refractivity contribution is 9.11. The molecular weight excluding hydrogens is 456 g/mol. The van der Waals surface area contributed by atoms with Crippen LogP contribution in [0.1, 0.15) is 4.88 Å². The number of nitro groups is 1. The number of rotatable bonds is 6. The lowest BCUT2D eigenvalue weighted by molar-refractivity contribution is -0.385. The van der Waals surface area contributed by atoms with E-state index >= 15 is 0 Å². The number of halogens is 2. The van der Waals surface area contributed by atoms with Crippen molar-refractivity contribution in [2.45, 2.75) is 5.75 Å². The summed E-state index contributed by atoms with van der Waals surface area (Å²) in [6, 6.07) is 6.73. The van der Waals surface area contributed by atoms with Crippen LogP contribution in [0.15, 0.2) is 38.6 Å². The number of thiophene rings is 1. The average molecular weight is 466 g/mol. The predicted octanol–water partition coefficient (Wildman–Crippen LogP) is 5.05. The van der Waals surface area contributed by atoms with Crippen LogP contribution < -0.4 is 5.32 Å². The van der Waals surface area contributed by atoms with Crippen LogP contribution >= 0.6 is 55.0 Å². The molecule has 0 bridgehead atoms. The second-order valence-electron chi connectivity index (χ2n) is 4.16. The third kappa shape index (κ3) is 4.80. The van der Waals surface area contributed by atoms with Crippen molar-refractivity contribution in [3.05, 3.63) is 53.6 Å². The first-order valence-corrected chi connectivity index (χ1v) is 9.63. The minimum atomic E-state index is -0.488. The van der Waals surface area contributed by atoms with Gasteiger partial charge in [0.25, 0.3) is 5.69 Å². The van der Waals surface area contributed by atoms with Crippen LogP contribution in [0.4, 0.5) is 11.4 Å². The van der Waals surface area contributed by atoms with Crippen molar-refractivity contribution >= 4 is 72.2 Å². The number of carbonyl (C=O) groups excluding carboxylic acids is 1. The van der Waals surface area contributed by atoms with Crippen molar-refractivity contribution in [1.29, 1.82) is 0 Å². The van der Waals surface area contributed by atoms with Crippen LogP contribution in [-0.4, -0.2) is 16.6 Å². The van der Waals surface area contributed by atoms with Crippen molar-refractivity contribution in [3.63, 3.8) is 0 Å². The Kier molecular flexibility index (Phi) is 6.42. The van der Waals surface area contributed by atoms with Gasteiger partial charge in [-0.3, -0.25) is 14.9 Å². The van der Waals surface area contributed by atoms with Crippen molar-refractivity contribution in [1.82, 2.24) is 0 Å². The molecule has 0 aliphatic heterocycles. The normalized spacial score (nSPS) is 10.5. The quantitative estimate of drug-likeness (QED) is 0.478. The number of thioether (sulfide) groups is 1. The van der Waals surface area contributed by atoms with E-state index in [0.717, 1.165) is 5.75 Å². The summed E-state index contributed by atoms with van der Waals surface area (Å²) in [5.41, 5.74) is 0.441. The summed E-state index contributed by atoms with van der Waals surface area (Å²) in [7, 11) is 0. The molecule has 22 heavy (non-hydrogen) atoms. The Bertz CT molecular complexity index is 670. The first kappa shape index (κ1) is 17.5. The number of hydrogen-bond donors (Lipinski definition) is 1. The van der Waals surface area contributed by atoms with Gasteiger partial charge in [0.2, 0.25) is 5.91 Å². The SMILES string of the molecule is O=C(CSCc1cccs1)Nc1c(Br)cc([N+](=O)[O-])cc1Br. The monoisotopic (exact) mass is 464 g/mol. The van der Waals surface area contributed by atoms with Gasteiger partial charge in [-0.1, -0.05) is 6.07 Å². The summed E-state index contributed by atoms with van der Waals surface area (Å²) < 4.78 is 0.926. The number of carbonyl (C=O) groups is 1. The molecule has 0 spiro atoms. The molecule has 0 saturated carbocycles. The molecule has 1 amide bonds. The second kappa shape index (κ2) is 8.09. The molecule has 9 heteroatoms. The van der Waals surface area contributed by atoms with Crippen molar-refractivity contribution in [2.24, 2.45) is 0 Å².